The van der Waals surface area contributed by atoms with E-state index in [4.69, 9.17) is 0 Å². The highest BCUT2D eigenvalue weighted by Crippen LogP contribution is 2.26. The van der Waals surface area contributed by atoms with E-state index in [1.54, 1.807) is 0 Å². The topological polar surface area (TPSA) is 66.0 Å². The molecule has 2 N–H and O–H groups in total. The average molecular weight is 476 g/mol. The summed E-state index contributed by atoms with van der Waals surface area (Å²) in [5, 5.41) is 11.5. The number of rotatable bonds is 6. The van der Waals surface area contributed by atoms with E-state index in [1.165, 1.54) is 35.9 Å². The normalized spacial score (nSPS) is 13.7. The van der Waals surface area contributed by atoms with Gasteiger partial charge in [0.1, 0.15) is 0 Å². The van der Waals surface area contributed by atoms with Crippen molar-refractivity contribution >= 4 is 28.3 Å². The van der Waals surface area contributed by atoms with E-state index in [2.05, 4.69) is 79.7 Å². The van der Waals surface area contributed by atoms with Gasteiger partial charge in [-0.05, 0) is 66.6 Å². The van der Waals surface area contributed by atoms with Crippen molar-refractivity contribution in [3.8, 4) is 11.3 Å². The highest BCUT2D eigenvalue weighted by molar-refractivity contribution is 6.04. The number of fused-ring (bicyclic) bond motifs is 1. The van der Waals surface area contributed by atoms with Crippen LogP contribution >= 0.6 is 0 Å². The zero-order valence-electron chi connectivity index (χ0n) is 20.2. The minimum atomic E-state index is -0.162. The molecule has 0 unspecified atom stereocenters. The summed E-state index contributed by atoms with van der Waals surface area (Å²) in [6.07, 6.45) is 5.89. The molecule has 0 spiro atoms. The average Bonchev–Trinajstić information content (AvgIpc) is 3.57. The molecule has 36 heavy (non-hydrogen) atoms. The van der Waals surface area contributed by atoms with Crippen molar-refractivity contribution in [2.24, 2.45) is 0 Å². The van der Waals surface area contributed by atoms with Crippen LogP contribution in [0.3, 0.4) is 0 Å². The second-order valence-corrected chi connectivity index (χ2v) is 9.42. The molecule has 3 heterocycles. The Kier molecular flexibility index (Phi) is 6.00. The second kappa shape index (κ2) is 9.74. The predicted octanol–water partition coefficient (Wildman–Crippen LogP) is 6.32. The molecule has 6 heteroatoms. The van der Waals surface area contributed by atoms with Crippen LogP contribution < -0.4 is 10.2 Å². The number of hydrogen-bond acceptors (Lipinski definition) is 3. The van der Waals surface area contributed by atoms with Crippen molar-refractivity contribution in [1.82, 2.24) is 14.8 Å². The largest absolute Gasteiger partial charge is 0.372 e. The summed E-state index contributed by atoms with van der Waals surface area (Å²) in [4.78, 5) is 15.2. The molecule has 6 rings (SSSR count). The van der Waals surface area contributed by atoms with Crippen LogP contribution in [0.4, 0.5) is 11.5 Å². The van der Waals surface area contributed by atoms with E-state index in [-0.39, 0.29) is 5.91 Å². The first-order valence-corrected chi connectivity index (χ1v) is 12.6. The van der Waals surface area contributed by atoms with Gasteiger partial charge in [0.2, 0.25) is 0 Å². The monoisotopic (exact) mass is 475 g/mol. The van der Waals surface area contributed by atoms with E-state index in [0.29, 0.717) is 11.4 Å². The Morgan fingerprint density at radius 3 is 2.50 bits per heavy atom. The van der Waals surface area contributed by atoms with Crippen LogP contribution in [0.2, 0.25) is 0 Å². The number of benzene rings is 3. The molecule has 1 aliphatic rings. The third kappa shape index (κ3) is 4.62. The molecule has 6 nitrogen and oxygen atoms in total. The van der Waals surface area contributed by atoms with E-state index in [0.717, 1.165) is 36.4 Å². The molecule has 1 amide bonds. The quantitative estimate of drug-likeness (QED) is 0.302. The van der Waals surface area contributed by atoms with E-state index >= 15 is 0 Å². The van der Waals surface area contributed by atoms with Gasteiger partial charge in [-0.25, -0.2) is 0 Å². The van der Waals surface area contributed by atoms with Gasteiger partial charge in [0.05, 0.1) is 5.69 Å². The van der Waals surface area contributed by atoms with Gasteiger partial charge in [-0.15, -0.1) is 0 Å². The van der Waals surface area contributed by atoms with E-state index in [9.17, 15) is 4.79 Å². The number of hydrogen-bond donors (Lipinski definition) is 2. The summed E-state index contributed by atoms with van der Waals surface area (Å²) in [5.74, 6) is 0.348. The lowest BCUT2D eigenvalue weighted by molar-refractivity contribution is 0.102. The fraction of sp³-hybridized carbons (Fsp3) is 0.200. The van der Waals surface area contributed by atoms with Crippen molar-refractivity contribution in [2.75, 3.05) is 23.3 Å². The molecule has 0 bridgehead atoms. The summed E-state index contributed by atoms with van der Waals surface area (Å²) < 4.78 is 2.25. The number of aromatic amines is 1. The molecule has 180 valence electrons. The minimum absolute atomic E-state index is 0.162. The van der Waals surface area contributed by atoms with E-state index in [1.807, 2.05) is 36.4 Å². The summed E-state index contributed by atoms with van der Waals surface area (Å²) in [6, 6.07) is 28.7. The van der Waals surface area contributed by atoms with Gasteiger partial charge in [-0.2, -0.15) is 5.10 Å². The highest BCUT2D eigenvalue weighted by Gasteiger charge is 2.14. The van der Waals surface area contributed by atoms with Crippen molar-refractivity contribution in [3.05, 3.63) is 102 Å². The Morgan fingerprint density at radius 2 is 1.69 bits per heavy atom. The predicted molar refractivity (Wildman–Crippen MR) is 146 cm³/mol. The molecule has 3 aromatic carbocycles. The van der Waals surface area contributed by atoms with Crippen LogP contribution in [0.5, 0.6) is 0 Å². The lowest BCUT2D eigenvalue weighted by Crippen LogP contribution is -2.29. The van der Waals surface area contributed by atoms with Gasteiger partial charge in [0.25, 0.3) is 5.91 Å². The van der Waals surface area contributed by atoms with Gasteiger partial charge in [0, 0.05) is 54.2 Å². The van der Waals surface area contributed by atoms with Gasteiger partial charge < -0.3 is 14.8 Å². The number of H-pyrrole nitrogens is 1. The molecule has 5 aromatic rings. The maximum absolute atomic E-state index is 12.8. The molecule has 0 radical (unpaired) electrons. The van der Waals surface area contributed by atoms with Crippen LogP contribution in [0.1, 0.15) is 35.2 Å². The molecule has 1 saturated heterocycles. The Labute approximate surface area is 210 Å². The van der Waals surface area contributed by atoms with Gasteiger partial charge in [0.15, 0.2) is 5.82 Å². The zero-order valence-corrected chi connectivity index (χ0v) is 20.2. The van der Waals surface area contributed by atoms with Crippen LogP contribution in [-0.2, 0) is 6.54 Å². The van der Waals surface area contributed by atoms with Crippen molar-refractivity contribution in [3.63, 3.8) is 0 Å². The molecule has 1 aliphatic heterocycles. The lowest BCUT2D eigenvalue weighted by Gasteiger charge is -2.28. The van der Waals surface area contributed by atoms with Crippen LogP contribution in [0.15, 0.2) is 91.1 Å². The minimum Gasteiger partial charge on any atom is -0.372 e. The molecule has 0 saturated carbocycles. The third-order valence-electron chi connectivity index (χ3n) is 6.95. The number of anilines is 2. The number of aromatic nitrogens is 3. The number of amides is 1. The first-order valence-electron chi connectivity index (χ1n) is 12.6. The number of nitrogens with zero attached hydrogens (tertiary/aromatic N) is 3. The van der Waals surface area contributed by atoms with Crippen LogP contribution in [-0.4, -0.2) is 33.8 Å². The smallest absolute Gasteiger partial charge is 0.256 e. The lowest BCUT2D eigenvalue weighted by atomic mass is 10.1. The molecule has 2 aromatic heterocycles. The highest BCUT2D eigenvalue weighted by atomic mass is 16.1. The molecular weight excluding hydrogens is 446 g/mol. The summed E-state index contributed by atoms with van der Waals surface area (Å²) in [7, 11) is 0. The standard InChI is InChI=1S/C30H29N5O/c36-30(24-11-13-26(14-12-24)34-16-5-2-6-17-34)31-29-20-27(32-33-29)25-10-9-23-15-18-35(28(23)19-25)21-22-7-3-1-4-8-22/h1,3-4,7-15,18-20H,2,5-6,16-17,21H2,(H2,31,32,33,36). The molecular formula is C30H29N5O. The Morgan fingerprint density at radius 1 is 0.889 bits per heavy atom. The summed E-state index contributed by atoms with van der Waals surface area (Å²) >= 11 is 0. The number of carbonyl (C=O) groups is 1. The van der Waals surface area contributed by atoms with Gasteiger partial charge >= 0.3 is 0 Å². The number of nitrogens with one attached hydrogen (secondary N) is 2. The molecule has 0 aliphatic carbocycles. The summed E-state index contributed by atoms with van der Waals surface area (Å²) in [5.41, 5.74) is 6.11. The van der Waals surface area contributed by atoms with Crippen LogP contribution in [0, 0.1) is 0 Å². The molecule has 0 atom stereocenters. The Hall–Kier alpha value is -4.32. The maximum atomic E-state index is 12.8. The SMILES string of the molecule is O=C(Nc1cc(-c2ccc3ccn(Cc4ccccc4)c3c2)[nH]n1)c1ccc(N2CCCCC2)cc1. The fourth-order valence-corrected chi connectivity index (χ4v) is 4.97. The zero-order chi connectivity index (χ0) is 24.3. The fourth-order valence-electron chi connectivity index (χ4n) is 4.97. The molecule has 1 fully saturated rings. The number of carbonyl (C=O) groups excluding carboxylic acids is 1. The van der Waals surface area contributed by atoms with Gasteiger partial charge in [-0.3, -0.25) is 9.89 Å². The Balaban J connectivity index is 1.16. The summed E-state index contributed by atoms with van der Waals surface area (Å²) in [6.45, 7) is 2.99. The van der Waals surface area contributed by atoms with Gasteiger partial charge in [-0.1, -0.05) is 42.5 Å². The Bertz CT molecular complexity index is 1480. The third-order valence-corrected chi connectivity index (χ3v) is 6.95. The second-order valence-electron chi connectivity index (χ2n) is 9.42. The first-order chi connectivity index (χ1) is 17.7. The van der Waals surface area contributed by atoms with Crippen LogP contribution in [0.25, 0.3) is 22.2 Å². The maximum Gasteiger partial charge on any atom is 0.256 e. The first kappa shape index (κ1) is 22.2. The van der Waals surface area contributed by atoms with E-state index < -0.39 is 0 Å². The van der Waals surface area contributed by atoms with Crippen molar-refractivity contribution in [1.29, 1.82) is 0 Å². The van der Waals surface area contributed by atoms with Crippen molar-refractivity contribution in [2.45, 2.75) is 25.8 Å². The number of piperidine rings is 1. The van der Waals surface area contributed by atoms with Crippen molar-refractivity contribution < 1.29 is 4.79 Å².